The summed E-state index contributed by atoms with van der Waals surface area (Å²) >= 11 is 1.20. The van der Waals surface area contributed by atoms with Gasteiger partial charge in [0.2, 0.25) is 11.8 Å². The van der Waals surface area contributed by atoms with E-state index in [2.05, 4.69) is 16.8 Å². The molecular formula is C13H12N2O3S. The molecule has 3 rings (SSSR count). The Morgan fingerprint density at radius 3 is 2.68 bits per heavy atom. The van der Waals surface area contributed by atoms with E-state index in [4.69, 9.17) is 5.11 Å². The van der Waals surface area contributed by atoms with Gasteiger partial charge < -0.3 is 5.11 Å². The van der Waals surface area contributed by atoms with E-state index in [1.807, 2.05) is 0 Å². The van der Waals surface area contributed by atoms with E-state index in [0.717, 1.165) is 19.3 Å². The number of aliphatic hydroxyl groups excluding tert-OH is 1. The molecule has 2 amide bonds. The quantitative estimate of drug-likeness (QED) is 0.608. The molecule has 2 atom stereocenters. The molecule has 19 heavy (non-hydrogen) atoms. The summed E-state index contributed by atoms with van der Waals surface area (Å²) < 4.78 is 0. The number of carbonyl (C=O) groups excluding carboxylic acids is 2. The first-order valence-corrected chi connectivity index (χ1v) is 6.97. The van der Waals surface area contributed by atoms with Crippen LogP contribution in [0.15, 0.2) is 6.20 Å². The van der Waals surface area contributed by atoms with E-state index in [1.54, 1.807) is 0 Å². The van der Waals surface area contributed by atoms with Crippen molar-refractivity contribution in [3.63, 3.8) is 0 Å². The molecule has 1 aromatic heterocycles. The van der Waals surface area contributed by atoms with Crippen molar-refractivity contribution in [2.45, 2.75) is 19.3 Å². The van der Waals surface area contributed by atoms with E-state index < -0.39 is 0 Å². The van der Waals surface area contributed by atoms with Gasteiger partial charge in [-0.05, 0) is 12.8 Å². The molecule has 1 aliphatic heterocycles. The van der Waals surface area contributed by atoms with Crippen LogP contribution in [0.1, 0.15) is 24.1 Å². The highest BCUT2D eigenvalue weighted by Gasteiger charge is 2.51. The number of hydrogen-bond acceptors (Lipinski definition) is 5. The summed E-state index contributed by atoms with van der Waals surface area (Å²) in [4.78, 5) is 30.4. The predicted molar refractivity (Wildman–Crippen MR) is 69.4 cm³/mol. The summed E-state index contributed by atoms with van der Waals surface area (Å²) in [6.07, 6.45) is 4.08. The smallest absolute Gasteiger partial charge is 0.239 e. The zero-order chi connectivity index (χ0) is 13.4. The molecule has 0 bridgehead atoms. The minimum atomic E-state index is -0.223. The number of amides is 2. The van der Waals surface area contributed by atoms with Crippen LogP contribution < -0.4 is 4.90 Å². The Balaban J connectivity index is 1.88. The molecule has 6 heteroatoms. The lowest BCUT2D eigenvalue weighted by Crippen LogP contribution is -2.31. The number of carbonyl (C=O) groups is 2. The van der Waals surface area contributed by atoms with Crippen molar-refractivity contribution >= 4 is 28.3 Å². The molecule has 0 radical (unpaired) electrons. The van der Waals surface area contributed by atoms with Crippen LogP contribution in [0.4, 0.5) is 5.13 Å². The van der Waals surface area contributed by atoms with Crippen molar-refractivity contribution < 1.29 is 14.7 Å². The van der Waals surface area contributed by atoms with Gasteiger partial charge in [-0.1, -0.05) is 29.6 Å². The van der Waals surface area contributed by atoms with Crippen LogP contribution in [-0.2, 0) is 9.59 Å². The van der Waals surface area contributed by atoms with Crippen molar-refractivity contribution in [3.8, 4) is 11.8 Å². The molecule has 1 N–H and O–H groups in total. The first-order chi connectivity index (χ1) is 9.22. The van der Waals surface area contributed by atoms with Crippen LogP contribution in [0.3, 0.4) is 0 Å². The van der Waals surface area contributed by atoms with Gasteiger partial charge in [-0.2, -0.15) is 0 Å². The maximum absolute atomic E-state index is 12.2. The maximum Gasteiger partial charge on any atom is 0.239 e. The van der Waals surface area contributed by atoms with Crippen LogP contribution in [0.25, 0.3) is 0 Å². The zero-order valence-electron chi connectivity index (χ0n) is 10.1. The number of rotatable bonds is 1. The van der Waals surface area contributed by atoms with Crippen molar-refractivity contribution in [3.05, 3.63) is 11.1 Å². The lowest BCUT2D eigenvalue weighted by atomic mass is 10.00. The molecule has 1 aliphatic carbocycles. The molecule has 5 nitrogen and oxygen atoms in total. The average molecular weight is 276 g/mol. The molecule has 2 fully saturated rings. The minimum absolute atomic E-state index is 0.122. The number of nitrogens with zero attached hydrogens (tertiary/aromatic N) is 2. The second kappa shape index (κ2) is 4.76. The highest BCUT2D eigenvalue weighted by atomic mass is 32.1. The fourth-order valence-corrected chi connectivity index (χ4v) is 3.53. The van der Waals surface area contributed by atoms with Crippen molar-refractivity contribution in [1.82, 2.24) is 4.98 Å². The van der Waals surface area contributed by atoms with Crippen molar-refractivity contribution in [2.75, 3.05) is 11.5 Å². The molecule has 2 unspecified atom stereocenters. The average Bonchev–Trinajstić information content (AvgIpc) is 3.08. The molecule has 1 aromatic rings. The number of hydrogen-bond donors (Lipinski definition) is 1. The van der Waals surface area contributed by atoms with Crippen LogP contribution in [0.5, 0.6) is 0 Å². The number of anilines is 1. The molecule has 2 heterocycles. The standard InChI is InChI=1S/C13H12N2O3S/c16-6-2-3-8-7-14-13(19-8)15-11(17)9-4-1-5-10(9)12(15)18/h7,9-10,16H,1,4-6H2. The van der Waals surface area contributed by atoms with Crippen LogP contribution in [-0.4, -0.2) is 28.5 Å². The number of fused-ring (bicyclic) bond motifs is 1. The molecule has 0 spiro atoms. The Kier molecular flexibility index (Phi) is 3.09. The Morgan fingerprint density at radius 1 is 1.37 bits per heavy atom. The fraction of sp³-hybridized carbons (Fsp3) is 0.462. The van der Waals surface area contributed by atoms with Gasteiger partial charge in [0.15, 0.2) is 5.13 Å². The summed E-state index contributed by atoms with van der Waals surface area (Å²) in [6.45, 7) is -0.223. The Morgan fingerprint density at radius 2 is 2.05 bits per heavy atom. The third kappa shape index (κ3) is 1.95. The largest absolute Gasteiger partial charge is 0.384 e. The molecule has 2 aliphatic rings. The first kappa shape index (κ1) is 12.3. The van der Waals surface area contributed by atoms with Crippen molar-refractivity contribution in [1.29, 1.82) is 0 Å². The molecule has 1 saturated heterocycles. The molecule has 0 aromatic carbocycles. The van der Waals surface area contributed by atoms with Gasteiger partial charge >= 0.3 is 0 Å². The highest BCUT2D eigenvalue weighted by molar-refractivity contribution is 7.16. The summed E-state index contributed by atoms with van der Waals surface area (Å²) in [5.41, 5.74) is 0. The number of thiazole rings is 1. The molecule has 1 saturated carbocycles. The van der Waals surface area contributed by atoms with Crippen LogP contribution in [0.2, 0.25) is 0 Å². The monoisotopic (exact) mass is 276 g/mol. The van der Waals surface area contributed by atoms with Gasteiger partial charge in [-0.25, -0.2) is 9.88 Å². The second-order valence-corrected chi connectivity index (χ2v) is 5.63. The highest BCUT2D eigenvalue weighted by Crippen LogP contribution is 2.42. The Bertz CT molecular complexity index is 577. The number of imide groups is 1. The van der Waals surface area contributed by atoms with Gasteiger partial charge in [0.05, 0.1) is 22.9 Å². The minimum Gasteiger partial charge on any atom is -0.384 e. The number of aromatic nitrogens is 1. The maximum atomic E-state index is 12.2. The zero-order valence-corrected chi connectivity index (χ0v) is 10.9. The van der Waals surface area contributed by atoms with Gasteiger partial charge in [0.25, 0.3) is 0 Å². The van der Waals surface area contributed by atoms with E-state index in [1.165, 1.54) is 22.4 Å². The van der Waals surface area contributed by atoms with Gasteiger partial charge in [-0.15, -0.1) is 0 Å². The van der Waals surface area contributed by atoms with E-state index >= 15 is 0 Å². The summed E-state index contributed by atoms with van der Waals surface area (Å²) in [6, 6.07) is 0. The second-order valence-electron chi connectivity index (χ2n) is 4.62. The lowest BCUT2D eigenvalue weighted by molar-refractivity contribution is -0.122. The van der Waals surface area contributed by atoms with E-state index in [9.17, 15) is 9.59 Å². The Hall–Kier alpha value is -1.71. The van der Waals surface area contributed by atoms with Gasteiger partial charge in [-0.3, -0.25) is 9.59 Å². The SMILES string of the molecule is O=C1C2CCCC2C(=O)N1c1ncc(C#CCO)s1. The third-order valence-corrected chi connectivity index (χ3v) is 4.46. The first-order valence-electron chi connectivity index (χ1n) is 6.15. The summed E-state index contributed by atoms with van der Waals surface area (Å²) in [7, 11) is 0. The topological polar surface area (TPSA) is 70.5 Å². The summed E-state index contributed by atoms with van der Waals surface area (Å²) in [5.74, 6) is 4.70. The van der Waals surface area contributed by atoms with Crippen LogP contribution >= 0.6 is 11.3 Å². The number of aliphatic hydroxyl groups is 1. The fourth-order valence-electron chi connectivity index (χ4n) is 2.73. The van der Waals surface area contributed by atoms with Crippen LogP contribution in [0, 0.1) is 23.7 Å². The molecule has 98 valence electrons. The molecular weight excluding hydrogens is 264 g/mol. The lowest BCUT2D eigenvalue weighted by Gasteiger charge is -2.11. The van der Waals surface area contributed by atoms with Gasteiger partial charge in [0, 0.05) is 0 Å². The summed E-state index contributed by atoms with van der Waals surface area (Å²) in [5, 5.41) is 9.03. The van der Waals surface area contributed by atoms with E-state index in [0.29, 0.717) is 10.0 Å². The third-order valence-electron chi connectivity index (χ3n) is 3.57. The predicted octanol–water partition coefficient (Wildman–Crippen LogP) is 0.776. The van der Waals surface area contributed by atoms with Gasteiger partial charge in [0.1, 0.15) is 6.61 Å². The normalized spacial score (nSPS) is 25.4. The van der Waals surface area contributed by atoms with Crippen molar-refractivity contribution in [2.24, 2.45) is 11.8 Å². The van der Waals surface area contributed by atoms with E-state index in [-0.39, 0.29) is 30.3 Å². The Labute approximate surface area is 114 Å².